The van der Waals surface area contributed by atoms with Gasteiger partial charge in [-0.25, -0.2) is 0 Å². The summed E-state index contributed by atoms with van der Waals surface area (Å²) in [5, 5.41) is 0. The summed E-state index contributed by atoms with van der Waals surface area (Å²) >= 11 is 0. The molecule has 0 amide bonds. The fraction of sp³-hybridized carbons (Fsp3) is 0.667. The van der Waals surface area contributed by atoms with Gasteiger partial charge < -0.3 is 0 Å². The van der Waals surface area contributed by atoms with Gasteiger partial charge in [-0.1, -0.05) is 12.2 Å². The standard InChI is InChI=1S/C9H15/c1-2-3-4-5-6-9-7-8-9/h2-3,7,9H,4-6,8H2,1H3. The van der Waals surface area contributed by atoms with Crippen LogP contribution in [0.25, 0.3) is 0 Å². The fourth-order valence-electron chi connectivity index (χ4n) is 0.996. The van der Waals surface area contributed by atoms with E-state index < -0.39 is 0 Å². The minimum Gasteiger partial charge on any atom is -0.0917 e. The van der Waals surface area contributed by atoms with Crippen molar-refractivity contribution in [1.82, 2.24) is 0 Å². The molecule has 0 heterocycles. The van der Waals surface area contributed by atoms with Crippen molar-refractivity contribution < 1.29 is 0 Å². The van der Waals surface area contributed by atoms with Gasteiger partial charge in [0.05, 0.1) is 0 Å². The molecule has 1 aliphatic carbocycles. The smallest absolute Gasteiger partial charge is 0.0351 e. The lowest BCUT2D eigenvalue weighted by atomic mass is 10.2. The molecule has 0 aliphatic heterocycles. The van der Waals surface area contributed by atoms with Crippen molar-refractivity contribution in [1.29, 1.82) is 0 Å². The predicted octanol–water partition coefficient (Wildman–Crippen LogP) is 2.96. The molecule has 0 heteroatoms. The maximum absolute atomic E-state index is 2.40. The Hall–Kier alpha value is -0.260. The summed E-state index contributed by atoms with van der Waals surface area (Å²) in [6.45, 7) is 2.09. The van der Waals surface area contributed by atoms with E-state index >= 15 is 0 Å². The average Bonchev–Trinajstić information content (AvgIpc) is 2.63. The number of hydrogen-bond donors (Lipinski definition) is 0. The minimum atomic E-state index is 0.996. The first-order valence-corrected chi connectivity index (χ1v) is 3.88. The van der Waals surface area contributed by atoms with Crippen LogP contribution >= 0.6 is 0 Å². The number of hydrogen-bond acceptors (Lipinski definition) is 0. The van der Waals surface area contributed by atoms with Gasteiger partial charge in [0.2, 0.25) is 0 Å². The predicted molar refractivity (Wildman–Crippen MR) is 41.1 cm³/mol. The van der Waals surface area contributed by atoms with E-state index in [1.54, 1.807) is 0 Å². The Bertz CT molecular complexity index is 88.2. The Balaban J connectivity index is 1.81. The van der Waals surface area contributed by atoms with Gasteiger partial charge >= 0.3 is 0 Å². The lowest BCUT2D eigenvalue weighted by Gasteiger charge is -1.90. The zero-order valence-corrected chi connectivity index (χ0v) is 6.14. The van der Waals surface area contributed by atoms with Crippen molar-refractivity contribution in [3.63, 3.8) is 0 Å². The van der Waals surface area contributed by atoms with Crippen LogP contribution in [-0.2, 0) is 0 Å². The van der Waals surface area contributed by atoms with E-state index in [0.717, 1.165) is 5.92 Å². The van der Waals surface area contributed by atoms with Crippen molar-refractivity contribution >= 4 is 0 Å². The van der Waals surface area contributed by atoms with E-state index in [4.69, 9.17) is 0 Å². The minimum absolute atomic E-state index is 0.996. The molecule has 1 saturated carbocycles. The third-order valence-electron chi connectivity index (χ3n) is 1.75. The van der Waals surface area contributed by atoms with Crippen LogP contribution in [0.1, 0.15) is 32.6 Å². The van der Waals surface area contributed by atoms with Crippen molar-refractivity contribution in [3.05, 3.63) is 18.6 Å². The zero-order chi connectivity index (χ0) is 6.53. The largest absolute Gasteiger partial charge is 0.0917 e. The number of rotatable bonds is 4. The van der Waals surface area contributed by atoms with Gasteiger partial charge in [-0.15, -0.1) is 0 Å². The van der Waals surface area contributed by atoms with Crippen molar-refractivity contribution in [2.45, 2.75) is 32.6 Å². The van der Waals surface area contributed by atoms with Crippen LogP contribution in [0.4, 0.5) is 0 Å². The van der Waals surface area contributed by atoms with Gasteiger partial charge in [0.1, 0.15) is 0 Å². The molecule has 0 nitrogen and oxygen atoms in total. The molecule has 1 unspecified atom stereocenters. The SMILES string of the molecule is CC=CCCCC1[CH]C1. The average molecular weight is 123 g/mol. The van der Waals surface area contributed by atoms with Gasteiger partial charge in [-0.05, 0) is 44.9 Å². The molecular formula is C9H15. The molecule has 0 aromatic heterocycles. The second-order valence-electron chi connectivity index (χ2n) is 2.73. The third-order valence-corrected chi connectivity index (χ3v) is 1.75. The molecule has 9 heavy (non-hydrogen) atoms. The summed E-state index contributed by atoms with van der Waals surface area (Å²) in [6, 6.07) is 0. The summed E-state index contributed by atoms with van der Waals surface area (Å²) in [4.78, 5) is 0. The number of unbranched alkanes of at least 4 members (excludes halogenated alkanes) is 1. The molecule has 1 atom stereocenters. The van der Waals surface area contributed by atoms with E-state index in [1.807, 2.05) is 0 Å². The van der Waals surface area contributed by atoms with E-state index in [9.17, 15) is 0 Å². The quantitative estimate of drug-likeness (QED) is 0.398. The second-order valence-corrected chi connectivity index (χ2v) is 2.73. The van der Waals surface area contributed by atoms with Gasteiger partial charge in [-0.3, -0.25) is 0 Å². The highest BCUT2D eigenvalue weighted by atomic mass is 14.2. The summed E-state index contributed by atoms with van der Waals surface area (Å²) < 4.78 is 0. The van der Waals surface area contributed by atoms with Crippen LogP contribution in [0.5, 0.6) is 0 Å². The first-order chi connectivity index (χ1) is 4.43. The van der Waals surface area contributed by atoms with Crippen LogP contribution in [-0.4, -0.2) is 0 Å². The zero-order valence-electron chi connectivity index (χ0n) is 6.14. The van der Waals surface area contributed by atoms with Crippen LogP contribution in [0.15, 0.2) is 12.2 Å². The highest BCUT2D eigenvalue weighted by Gasteiger charge is 2.19. The van der Waals surface area contributed by atoms with Crippen LogP contribution in [0.3, 0.4) is 0 Å². The lowest BCUT2D eigenvalue weighted by molar-refractivity contribution is 0.690. The van der Waals surface area contributed by atoms with Gasteiger partial charge in [0.15, 0.2) is 0 Å². The van der Waals surface area contributed by atoms with E-state index in [1.165, 1.54) is 25.7 Å². The first kappa shape index (κ1) is 6.85. The van der Waals surface area contributed by atoms with Crippen molar-refractivity contribution in [3.8, 4) is 0 Å². The molecule has 0 spiro atoms. The monoisotopic (exact) mass is 123 g/mol. The Morgan fingerprint density at radius 2 is 2.44 bits per heavy atom. The van der Waals surface area contributed by atoms with Gasteiger partial charge in [0.25, 0.3) is 0 Å². The molecular weight excluding hydrogens is 108 g/mol. The molecule has 0 saturated heterocycles. The van der Waals surface area contributed by atoms with Crippen molar-refractivity contribution in [2.75, 3.05) is 0 Å². The topological polar surface area (TPSA) is 0 Å². The summed E-state index contributed by atoms with van der Waals surface area (Å²) in [7, 11) is 0. The molecule has 51 valence electrons. The van der Waals surface area contributed by atoms with E-state index in [0.29, 0.717) is 0 Å². The Kier molecular flexibility index (Phi) is 2.82. The Morgan fingerprint density at radius 1 is 1.67 bits per heavy atom. The van der Waals surface area contributed by atoms with Crippen LogP contribution in [0.2, 0.25) is 0 Å². The number of allylic oxidation sites excluding steroid dienone is 2. The Morgan fingerprint density at radius 3 is 3.00 bits per heavy atom. The summed E-state index contributed by atoms with van der Waals surface area (Å²) in [5.74, 6) is 0.996. The van der Waals surface area contributed by atoms with Gasteiger partial charge in [-0.2, -0.15) is 0 Å². The first-order valence-electron chi connectivity index (χ1n) is 3.88. The van der Waals surface area contributed by atoms with Crippen LogP contribution < -0.4 is 0 Å². The molecule has 0 bridgehead atoms. The molecule has 0 N–H and O–H groups in total. The lowest BCUT2D eigenvalue weighted by Crippen LogP contribution is -1.74. The second kappa shape index (κ2) is 3.71. The summed E-state index contributed by atoms with van der Waals surface area (Å²) in [5.41, 5.74) is 0. The molecule has 1 aliphatic rings. The van der Waals surface area contributed by atoms with E-state index in [2.05, 4.69) is 25.5 Å². The maximum atomic E-state index is 2.40. The molecule has 1 radical (unpaired) electrons. The van der Waals surface area contributed by atoms with E-state index in [-0.39, 0.29) is 0 Å². The molecule has 0 aromatic carbocycles. The molecule has 1 rings (SSSR count). The highest BCUT2D eigenvalue weighted by molar-refractivity contribution is 4.94. The van der Waals surface area contributed by atoms with Gasteiger partial charge in [0, 0.05) is 0 Å². The maximum Gasteiger partial charge on any atom is -0.0351 e. The normalized spacial score (nSPS) is 19.2. The molecule has 0 aromatic rings. The van der Waals surface area contributed by atoms with Crippen LogP contribution in [0, 0.1) is 12.3 Å². The summed E-state index contributed by atoms with van der Waals surface area (Å²) in [6.07, 6.45) is 12.3. The third kappa shape index (κ3) is 3.34. The highest BCUT2D eigenvalue weighted by Crippen LogP contribution is 2.32. The van der Waals surface area contributed by atoms with Crippen molar-refractivity contribution in [2.24, 2.45) is 5.92 Å². The molecule has 1 fully saturated rings. The Labute approximate surface area is 58.0 Å². The fourth-order valence-corrected chi connectivity index (χ4v) is 0.996.